The molecule has 1 aromatic carbocycles. The Kier molecular flexibility index (Phi) is 6.57. The molecule has 1 fully saturated rings. The molecule has 2 heterocycles. The first-order chi connectivity index (χ1) is 14.1. The zero-order valence-electron chi connectivity index (χ0n) is 14.9. The fourth-order valence-corrected chi connectivity index (χ4v) is 4.87. The van der Waals surface area contributed by atoms with Crippen LogP contribution in [0, 0.1) is 10.1 Å². The highest BCUT2D eigenvalue weighted by Gasteiger charge is 2.49. The maximum absolute atomic E-state index is 12.2. The van der Waals surface area contributed by atoms with Gasteiger partial charge in [0, 0.05) is 29.3 Å². The highest BCUT2D eigenvalue weighted by Crippen LogP contribution is 2.48. The number of aliphatic hydroxyl groups excluding tert-OH is 1. The highest BCUT2D eigenvalue weighted by atomic mass is 32.2. The first kappa shape index (κ1) is 22.4. The number of ether oxygens (including phenoxy) is 1. The number of hydrogen-bond donors (Lipinski definition) is 4. The lowest BCUT2D eigenvalue weighted by atomic mass is 10.2. The van der Waals surface area contributed by atoms with Gasteiger partial charge >= 0.3 is 13.5 Å². The topological polar surface area (TPSA) is 194 Å². The van der Waals surface area contributed by atoms with Crippen molar-refractivity contribution in [2.45, 2.75) is 28.6 Å². The van der Waals surface area contributed by atoms with Gasteiger partial charge in [-0.2, -0.15) is 0 Å². The van der Waals surface area contributed by atoms with E-state index < -0.39 is 54.3 Å². The van der Waals surface area contributed by atoms with Crippen LogP contribution < -0.4 is 11.2 Å². The Morgan fingerprint density at radius 2 is 1.93 bits per heavy atom. The van der Waals surface area contributed by atoms with E-state index in [4.69, 9.17) is 9.26 Å². The minimum atomic E-state index is -5.01. The largest absolute Gasteiger partial charge is 0.469 e. The van der Waals surface area contributed by atoms with Gasteiger partial charge in [-0.05, 0) is 12.1 Å². The number of thioether (sulfide) groups is 1. The first-order valence-electron chi connectivity index (χ1n) is 8.32. The number of H-pyrrole nitrogens is 1. The van der Waals surface area contributed by atoms with Crippen molar-refractivity contribution in [3.05, 3.63) is 67.5 Å². The fourth-order valence-electron chi connectivity index (χ4n) is 2.92. The molecule has 30 heavy (non-hydrogen) atoms. The zero-order chi connectivity index (χ0) is 22.1. The number of non-ortho nitro benzene ring substituents is 1. The van der Waals surface area contributed by atoms with Crippen LogP contribution in [0.4, 0.5) is 5.69 Å². The van der Waals surface area contributed by atoms with Crippen molar-refractivity contribution >= 4 is 25.3 Å². The Bertz CT molecular complexity index is 1080. The third-order valence-corrected chi connectivity index (χ3v) is 6.01. The van der Waals surface area contributed by atoms with E-state index in [-0.39, 0.29) is 5.69 Å². The van der Waals surface area contributed by atoms with Crippen molar-refractivity contribution in [3.8, 4) is 0 Å². The molecule has 1 saturated heterocycles. The Labute approximate surface area is 171 Å². The summed E-state index contributed by atoms with van der Waals surface area (Å²) in [6.45, 7) is -0.670. The van der Waals surface area contributed by atoms with E-state index in [0.29, 0.717) is 4.90 Å². The highest BCUT2D eigenvalue weighted by molar-refractivity contribution is 8.00. The van der Waals surface area contributed by atoms with E-state index >= 15 is 0 Å². The lowest BCUT2D eigenvalue weighted by Crippen LogP contribution is -2.37. The smallest absolute Gasteiger partial charge is 0.394 e. The predicted molar refractivity (Wildman–Crippen MR) is 102 cm³/mol. The maximum Gasteiger partial charge on any atom is 0.469 e. The Morgan fingerprint density at radius 1 is 1.27 bits per heavy atom. The van der Waals surface area contributed by atoms with E-state index in [9.17, 15) is 39.2 Å². The summed E-state index contributed by atoms with van der Waals surface area (Å²) in [5, 5.41) is 19.5. The molecule has 3 rings (SSSR count). The number of phosphoric acid groups is 1. The SMILES string of the molecule is O=c1ccn([C@@H]2O[C@H](CO)[C@@H](OP(=O)(O)O)[C@H]2Sc2ccc([N+](=O)[O-])cc2)c(=O)[nH]1. The summed E-state index contributed by atoms with van der Waals surface area (Å²) in [5.41, 5.74) is -1.66. The van der Waals surface area contributed by atoms with Crippen LogP contribution in [0.2, 0.25) is 0 Å². The quantitative estimate of drug-likeness (QED) is 0.246. The summed E-state index contributed by atoms with van der Waals surface area (Å²) >= 11 is 0.977. The van der Waals surface area contributed by atoms with Crippen LogP contribution in [0.1, 0.15) is 6.23 Å². The summed E-state index contributed by atoms with van der Waals surface area (Å²) in [5.74, 6) is 0. The molecule has 1 aliphatic heterocycles. The average molecular weight is 461 g/mol. The minimum absolute atomic E-state index is 0.160. The number of nitro groups is 1. The van der Waals surface area contributed by atoms with Gasteiger partial charge in [-0.25, -0.2) is 9.36 Å². The molecule has 0 aliphatic carbocycles. The monoisotopic (exact) mass is 461 g/mol. The number of nitrogens with one attached hydrogen (secondary N) is 1. The summed E-state index contributed by atoms with van der Waals surface area (Å²) in [6, 6.07) is 6.36. The van der Waals surface area contributed by atoms with Gasteiger partial charge in [0.25, 0.3) is 11.2 Å². The standard InChI is InChI=1S/C15H16N3O10PS/c19-7-10-12(28-29(24,25)26)13(30-9-3-1-8(2-4-9)18(22)23)14(27-10)17-6-5-11(20)16-15(17)21/h1-6,10,12-14,19H,7H2,(H,16,20,21)(H2,24,25,26)/t10-,12-,13-,14-/m1/s1. The molecule has 2 aromatic rings. The number of benzene rings is 1. The van der Waals surface area contributed by atoms with E-state index in [1.165, 1.54) is 24.3 Å². The number of nitrogens with zero attached hydrogens (tertiary/aromatic N) is 2. The third-order valence-electron chi connectivity index (χ3n) is 4.17. The number of aliphatic hydroxyl groups is 1. The first-order valence-corrected chi connectivity index (χ1v) is 10.7. The van der Waals surface area contributed by atoms with E-state index in [1.807, 2.05) is 4.98 Å². The van der Waals surface area contributed by atoms with Crippen LogP contribution in [0.25, 0.3) is 0 Å². The number of nitro benzene ring substituents is 1. The Morgan fingerprint density at radius 3 is 2.47 bits per heavy atom. The van der Waals surface area contributed by atoms with Crippen LogP contribution in [0.15, 0.2) is 51.0 Å². The van der Waals surface area contributed by atoms with Gasteiger partial charge in [0.1, 0.15) is 12.2 Å². The van der Waals surface area contributed by atoms with Gasteiger partial charge in [-0.15, -0.1) is 11.8 Å². The second kappa shape index (κ2) is 8.81. The summed E-state index contributed by atoms with van der Waals surface area (Å²) in [4.78, 5) is 54.9. The Hall–Kier alpha value is -2.32. The van der Waals surface area contributed by atoms with Gasteiger partial charge < -0.3 is 19.6 Å². The van der Waals surface area contributed by atoms with Crippen molar-refractivity contribution in [3.63, 3.8) is 0 Å². The number of hydrogen-bond acceptors (Lipinski definition) is 9. The summed E-state index contributed by atoms with van der Waals surface area (Å²) < 4.78 is 22.9. The van der Waals surface area contributed by atoms with Crippen molar-refractivity contribution in [2.24, 2.45) is 0 Å². The van der Waals surface area contributed by atoms with Crippen molar-refractivity contribution in [2.75, 3.05) is 6.61 Å². The molecule has 1 aliphatic rings. The average Bonchev–Trinajstić information content (AvgIpc) is 2.98. The van der Waals surface area contributed by atoms with Crippen LogP contribution in [0.5, 0.6) is 0 Å². The van der Waals surface area contributed by atoms with Gasteiger partial charge in [0.05, 0.1) is 16.8 Å². The maximum atomic E-state index is 12.2. The van der Waals surface area contributed by atoms with Crippen LogP contribution in [0.3, 0.4) is 0 Å². The molecule has 0 unspecified atom stereocenters. The number of aromatic nitrogens is 2. The van der Waals surface area contributed by atoms with E-state index in [0.717, 1.165) is 28.6 Å². The van der Waals surface area contributed by atoms with Crippen LogP contribution in [-0.4, -0.2) is 53.4 Å². The molecule has 4 N–H and O–H groups in total. The molecular weight excluding hydrogens is 445 g/mol. The van der Waals surface area contributed by atoms with Crippen LogP contribution >= 0.6 is 19.6 Å². The summed E-state index contributed by atoms with van der Waals surface area (Å²) in [6.07, 6.45) is -2.58. The third kappa shape index (κ3) is 5.05. The van der Waals surface area contributed by atoms with Gasteiger partial charge in [-0.3, -0.25) is 29.0 Å². The van der Waals surface area contributed by atoms with Crippen LogP contribution in [-0.2, 0) is 13.8 Å². The number of aromatic amines is 1. The molecule has 162 valence electrons. The lowest BCUT2D eigenvalue weighted by molar-refractivity contribution is -0.384. The minimum Gasteiger partial charge on any atom is -0.394 e. The second-order valence-corrected chi connectivity index (χ2v) is 8.60. The summed E-state index contributed by atoms with van der Waals surface area (Å²) in [7, 11) is -5.01. The van der Waals surface area contributed by atoms with Gasteiger partial charge in [0.15, 0.2) is 6.23 Å². The predicted octanol–water partition coefficient (Wildman–Crippen LogP) is -0.0267. The molecule has 0 saturated carbocycles. The van der Waals surface area contributed by atoms with Crippen molar-refractivity contribution in [1.29, 1.82) is 0 Å². The molecule has 0 amide bonds. The van der Waals surface area contributed by atoms with Crippen molar-refractivity contribution < 1.29 is 33.6 Å². The molecule has 15 heteroatoms. The normalized spacial score (nSPS) is 24.1. The van der Waals surface area contributed by atoms with Gasteiger partial charge in [0.2, 0.25) is 0 Å². The van der Waals surface area contributed by atoms with Crippen molar-refractivity contribution in [1.82, 2.24) is 9.55 Å². The number of phosphoric ester groups is 1. The molecule has 0 radical (unpaired) electrons. The molecule has 1 aromatic heterocycles. The molecule has 0 spiro atoms. The number of rotatable bonds is 7. The molecular formula is C15H16N3O10PS. The van der Waals surface area contributed by atoms with E-state index in [2.05, 4.69) is 0 Å². The second-order valence-electron chi connectivity index (χ2n) is 6.16. The molecule has 4 atom stereocenters. The zero-order valence-corrected chi connectivity index (χ0v) is 16.6. The molecule has 13 nitrogen and oxygen atoms in total. The van der Waals surface area contributed by atoms with Gasteiger partial charge in [-0.1, -0.05) is 0 Å². The fraction of sp³-hybridized carbons (Fsp3) is 0.333. The Balaban J connectivity index is 2.01. The lowest BCUT2D eigenvalue weighted by Gasteiger charge is -2.24. The molecule has 0 bridgehead atoms. The van der Waals surface area contributed by atoms with E-state index in [1.54, 1.807) is 0 Å².